The highest BCUT2D eigenvalue weighted by Crippen LogP contribution is 2.45. The minimum atomic E-state index is -4.62. The van der Waals surface area contributed by atoms with Crippen LogP contribution in [0.25, 0.3) is 0 Å². The molecule has 2 aliphatic rings. The second kappa shape index (κ2) is 5.93. The first-order chi connectivity index (χ1) is 11.2. The van der Waals surface area contributed by atoms with Crippen LogP contribution in [0.5, 0.6) is 0 Å². The summed E-state index contributed by atoms with van der Waals surface area (Å²) < 4.78 is 40.2. The Kier molecular flexibility index (Phi) is 4.21. The molecule has 0 aromatic carbocycles. The van der Waals surface area contributed by atoms with E-state index in [0.29, 0.717) is 22.4 Å². The van der Waals surface area contributed by atoms with Crippen LogP contribution >= 0.6 is 0 Å². The third-order valence-electron chi connectivity index (χ3n) is 5.26. The van der Waals surface area contributed by atoms with Crippen LogP contribution in [0.15, 0.2) is 18.0 Å². The first-order valence-electron chi connectivity index (χ1n) is 8.29. The van der Waals surface area contributed by atoms with Crippen molar-refractivity contribution in [2.24, 2.45) is 30.7 Å². The number of alkyl halides is 3. The van der Waals surface area contributed by atoms with Crippen molar-refractivity contribution >= 4 is 5.91 Å². The second-order valence-corrected chi connectivity index (χ2v) is 7.24. The molecule has 4 unspecified atom stereocenters. The number of halogens is 3. The van der Waals surface area contributed by atoms with Gasteiger partial charge in [0.15, 0.2) is 5.69 Å². The monoisotopic (exact) mass is 341 g/mol. The summed E-state index contributed by atoms with van der Waals surface area (Å²) in [4.78, 5) is 12.5. The van der Waals surface area contributed by atoms with Crippen molar-refractivity contribution in [3.8, 4) is 0 Å². The zero-order valence-electron chi connectivity index (χ0n) is 14.0. The van der Waals surface area contributed by atoms with Crippen LogP contribution in [0.1, 0.15) is 49.2 Å². The number of nitrogens with zero attached hydrogens (tertiary/aromatic N) is 2. The highest BCUT2D eigenvalue weighted by molar-refractivity contribution is 5.96. The standard InChI is InChI=1S/C17H22F3N3O/c1-9-4-11-6-10(2)12(7-11)14(5-9)22-16(24)13-8-21-23(3)15(13)17(18,19)20/h5,8-12H,4,6-7H2,1-3H3,(H,22,24). The van der Waals surface area contributed by atoms with E-state index in [9.17, 15) is 18.0 Å². The van der Waals surface area contributed by atoms with Gasteiger partial charge in [0.1, 0.15) is 0 Å². The van der Waals surface area contributed by atoms with Gasteiger partial charge in [0.25, 0.3) is 5.91 Å². The highest BCUT2D eigenvalue weighted by Gasteiger charge is 2.41. The van der Waals surface area contributed by atoms with Gasteiger partial charge in [-0.25, -0.2) is 0 Å². The number of hydrogen-bond acceptors (Lipinski definition) is 2. The summed E-state index contributed by atoms with van der Waals surface area (Å²) in [6, 6.07) is 0. The zero-order chi connectivity index (χ0) is 17.6. The minimum absolute atomic E-state index is 0.218. The number of nitrogens with one attached hydrogen (secondary N) is 1. The van der Waals surface area contributed by atoms with Crippen LogP contribution < -0.4 is 5.32 Å². The lowest BCUT2D eigenvalue weighted by atomic mass is 9.90. The molecule has 24 heavy (non-hydrogen) atoms. The van der Waals surface area contributed by atoms with Crippen LogP contribution in [0.2, 0.25) is 0 Å². The molecule has 4 atom stereocenters. The molecule has 0 saturated heterocycles. The van der Waals surface area contributed by atoms with Crippen molar-refractivity contribution in [3.63, 3.8) is 0 Å². The van der Waals surface area contributed by atoms with Gasteiger partial charge in [-0.2, -0.15) is 18.3 Å². The molecule has 1 N–H and O–H groups in total. The lowest BCUT2D eigenvalue weighted by Crippen LogP contribution is -2.30. The number of amides is 1. The van der Waals surface area contributed by atoms with Crippen LogP contribution in [-0.4, -0.2) is 15.7 Å². The smallest absolute Gasteiger partial charge is 0.326 e. The maximum atomic E-state index is 13.2. The van der Waals surface area contributed by atoms with Crippen molar-refractivity contribution in [2.45, 2.75) is 39.3 Å². The van der Waals surface area contributed by atoms with E-state index in [4.69, 9.17) is 0 Å². The topological polar surface area (TPSA) is 46.9 Å². The molecule has 7 heteroatoms. The van der Waals surface area contributed by atoms with Crippen molar-refractivity contribution in [1.82, 2.24) is 15.1 Å². The molecular weight excluding hydrogens is 319 g/mol. The van der Waals surface area contributed by atoms with Gasteiger partial charge in [-0.1, -0.05) is 19.9 Å². The quantitative estimate of drug-likeness (QED) is 0.890. The van der Waals surface area contributed by atoms with Gasteiger partial charge in [-0.3, -0.25) is 9.48 Å². The summed E-state index contributed by atoms with van der Waals surface area (Å²) in [7, 11) is 1.19. The molecule has 132 valence electrons. The van der Waals surface area contributed by atoms with E-state index in [1.54, 1.807) is 0 Å². The summed E-state index contributed by atoms with van der Waals surface area (Å²) in [5.41, 5.74) is -0.665. The summed E-state index contributed by atoms with van der Waals surface area (Å²) in [6.07, 6.45) is 1.57. The minimum Gasteiger partial charge on any atom is -0.326 e. The summed E-state index contributed by atoms with van der Waals surface area (Å²) >= 11 is 0. The molecule has 2 bridgehead atoms. The molecule has 4 nitrogen and oxygen atoms in total. The zero-order valence-corrected chi connectivity index (χ0v) is 14.0. The van der Waals surface area contributed by atoms with Crippen LogP contribution in [-0.2, 0) is 13.2 Å². The Balaban J connectivity index is 1.87. The SMILES string of the molecule is CC1C=C(NC(=O)c2cnn(C)c2C(F)(F)F)C2CC(C1)CC2C. The van der Waals surface area contributed by atoms with Crippen molar-refractivity contribution in [2.75, 3.05) is 0 Å². The van der Waals surface area contributed by atoms with Gasteiger partial charge in [0.2, 0.25) is 0 Å². The van der Waals surface area contributed by atoms with E-state index in [1.807, 2.05) is 6.08 Å². The van der Waals surface area contributed by atoms with Crippen molar-refractivity contribution < 1.29 is 18.0 Å². The molecule has 1 saturated carbocycles. The maximum Gasteiger partial charge on any atom is 0.433 e. The third-order valence-corrected chi connectivity index (χ3v) is 5.26. The number of carbonyl (C=O) groups excluding carboxylic acids is 1. The Bertz CT molecular complexity index is 677. The van der Waals surface area contributed by atoms with E-state index in [0.717, 1.165) is 31.2 Å². The molecule has 1 aromatic rings. The maximum absolute atomic E-state index is 13.2. The molecule has 0 spiro atoms. The number of aromatic nitrogens is 2. The van der Waals surface area contributed by atoms with E-state index in [-0.39, 0.29) is 5.92 Å². The van der Waals surface area contributed by atoms with Crippen LogP contribution in [0.3, 0.4) is 0 Å². The Morgan fingerprint density at radius 2 is 2.00 bits per heavy atom. The van der Waals surface area contributed by atoms with E-state index < -0.39 is 23.3 Å². The summed E-state index contributed by atoms with van der Waals surface area (Å²) in [5.74, 6) is 0.875. The third kappa shape index (κ3) is 3.08. The molecular formula is C17H22F3N3O. The van der Waals surface area contributed by atoms with Gasteiger partial charge in [-0.05, 0) is 37.0 Å². The number of hydrogen-bond donors (Lipinski definition) is 1. The predicted octanol–water partition coefficient (Wildman–Crippen LogP) is 3.75. The van der Waals surface area contributed by atoms with Gasteiger partial charge < -0.3 is 5.32 Å². The van der Waals surface area contributed by atoms with E-state index in [1.165, 1.54) is 7.05 Å². The average Bonchev–Trinajstić information content (AvgIpc) is 2.95. The number of rotatable bonds is 2. The molecule has 2 aliphatic carbocycles. The highest BCUT2D eigenvalue weighted by atomic mass is 19.4. The molecule has 1 fully saturated rings. The molecule has 1 amide bonds. The van der Waals surface area contributed by atoms with E-state index in [2.05, 4.69) is 24.3 Å². The lowest BCUT2D eigenvalue weighted by molar-refractivity contribution is -0.144. The van der Waals surface area contributed by atoms with Crippen LogP contribution in [0.4, 0.5) is 13.2 Å². The molecule has 1 aromatic heterocycles. The fourth-order valence-corrected chi connectivity index (χ4v) is 4.30. The summed E-state index contributed by atoms with van der Waals surface area (Å²) in [6.45, 7) is 4.23. The van der Waals surface area contributed by atoms with Gasteiger partial charge in [0, 0.05) is 18.7 Å². The van der Waals surface area contributed by atoms with Gasteiger partial charge >= 0.3 is 6.18 Å². The fourth-order valence-electron chi connectivity index (χ4n) is 4.30. The predicted molar refractivity (Wildman–Crippen MR) is 82.9 cm³/mol. The number of fused-ring (bicyclic) bond motifs is 2. The Morgan fingerprint density at radius 3 is 2.67 bits per heavy atom. The molecule has 1 heterocycles. The Morgan fingerprint density at radius 1 is 1.29 bits per heavy atom. The molecule has 0 radical (unpaired) electrons. The first kappa shape index (κ1) is 17.0. The Labute approximate surface area is 139 Å². The second-order valence-electron chi connectivity index (χ2n) is 7.24. The summed E-state index contributed by atoms with van der Waals surface area (Å²) in [5, 5.41) is 6.37. The fraction of sp³-hybridized carbons (Fsp3) is 0.647. The van der Waals surface area contributed by atoms with Gasteiger partial charge in [-0.15, -0.1) is 0 Å². The first-order valence-corrected chi connectivity index (χ1v) is 8.29. The molecule has 3 rings (SSSR count). The molecule has 0 aliphatic heterocycles. The number of carbonyl (C=O) groups is 1. The Hall–Kier alpha value is -1.79. The van der Waals surface area contributed by atoms with Crippen molar-refractivity contribution in [3.05, 3.63) is 29.2 Å². The largest absolute Gasteiger partial charge is 0.433 e. The lowest BCUT2D eigenvalue weighted by Gasteiger charge is -2.22. The van der Waals surface area contributed by atoms with E-state index >= 15 is 0 Å². The van der Waals surface area contributed by atoms with Crippen LogP contribution in [0, 0.1) is 23.7 Å². The van der Waals surface area contributed by atoms with Gasteiger partial charge in [0.05, 0.1) is 11.8 Å². The average molecular weight is 341 g/mol. The number of allylic oxidation sites excluding steroid dienone is 2. The number of aryl methyl sites for hydroxylation is 1. The normalized spacial score (nSPS) is 30.0. The van der Waals surface area contributed by atoms with Crippen molar-refractivity contribution in [1.29, 1.82) is 0 Å².